The maximum absolute atomic E-state index is 6.12. The van der Waals surface area contributed by atoms with Crippen molar-refractivity contribution in [3.8, 4) is 17.2 Å². The Balaban J connectivity index is 1.58. The van der Waals surface area contributed by atoms with E-state index in [9.17, 15) is 0 Å². The van der Waals surface area contributed by atoms with Gasteiger partial charge in [0.05, 0.1) is 20.3 Å². The van der Waals surface area contributed by atoms with Crippen LogP contribution >= 0.6 is 0 Å². The van der Waals surface area contributed by atoms with Crippen LogP contribution in [0.2, 0.25) is 0 Å². The number of fused-ring (bicyclic) bond motifs is 1. The monoisotopic (exact) mass is 429 g/mol. The molecule has 0 fully saturated rings. The maximum Gasteiger partial charge on any atom is 0.161 e. The number of benzene rings is 3. The third kappa shape index (κ3) is 4.66. The molecule has 0 amide bonds. The Hall–Kier alpha value is -3.24. The SMILES string of the molecule is COc1cc2c(cc1OCc1ccccc1)CCNC2C=Cc1ccc(OC)c(C)c1C. The molecule has 0 radical (unpaired) electrons. The van der Waals surface area contributed by atoms with Gasteiger partial charge in [0, 0.05) is 6.54 Å². The molecule has 0 bridgehead atoms. The van der Waals surface area contributed by atoms with E-state index >= 15 is 0 Å². The van der Waals surface area contributed by atoms with Gasteiger partial charge < -0.3 is 19.5 Å². The fourth-order valence-electron chi connectivity index (χ4n) is 4.19. The van der Waals surface area contributed by atoms with Crippen LogP contribution in [0, 0.1) is 13.8 Å². The van der Waals surface area contributed by atoms with Gasteiger partial charge >= 0.3 is 0 Å². The highest BCUT2D eigenvalue weighted by molar-refractivity contribution is 5.60. The lowest BCUT2D eigenvalue weighted by Gasteiger charge is -2.26. The zero-order valence-corrected chi connectivity index (χ0v) is 19.3. The lowest BCUT2D eigenvalue weighted by molar-refractivity contribution is 0.283. The van der Waals surface area contributed by atoms with Crippen LogP contribution in [-0.2, 0) is 13.0 Å². The summed E-state index contributed by atoms with van der Waals surface area (Å²) < 4.78 is 17.2. The normalized spacial score (nSPS) is 15.4. The maximum atomic E-state index is 6.12. The van der Waals surface area contributed by atoms with Crippen LogP contribution in [-0.4, -0.2) is 20.8 Å². The largest absolute Gasteiger partial charge is 0.496 e. The van der Waals surface area contributed by atoms with Gasteiger partial charge in [-0.25, -0.2) is 0 Å². The van der Waals surface area contributed by atoms with Crippen molar-refractivity contribution in [1.82, 2.24) is 5.32 Å². The highest BCUT2D eigenvalue weighted by Crippen LogP contribution is 2.36. The second-order valence-electron chi connectivity index (χ2n) is 8.12. The van der Waals surface area contributed by atoms with Crippen molar-refractivity contribution >= 4 is 6.08 Å². The minimum atomic E-state index is 0.123. The van der Waals surface area contributed by atoms with Crippen LogP contribution < -0.4 is 19.5 Å². The van der Waals surface area contributed by atoms with E-state index in [0.29, 0.717) is 6.61 Å². The second-order valence-corrected chi connectivity index (χ2v) is 8.12. The molecule has 0 saturated heterocycles. The molecule has 166 valence electrons. The summed E-state index contributed by atoms with van der Waals surface area (Å²) >= 11 is 0. The molecule has 0 aromatic heterocycles. The Labute approximate surface area is 190 Å². The minimum Gasteiger partial charge on any atom is -0.496 e. The summed E-state index contributed by atoms with van der Waals surface area (Å²) in [7, 11) is 3.41. The Kier molecular flexibility index (Phi) is 6.81. The van der Waals surface area contributed by atoms with Gasteiger partial charge in [-0.2, -0.15) is 0 Å². The average molecular weight is 430 g/mol. The lowest BCUT2D eigenvalue weighted by Crippen LogP contribution is -2.28. The number of nitrogens with one attached hydrogen (secondary N) is 1. The van der Waals surface area contributed by atoms with E-state index in [0.717, 1.165) is 35.8 Å². The first kappa shape index (κ1) is 22.0. The molecule has 0 saturated carbocycles. The van der Waals surface area contributed by atoms with Gasteiger partial charge in [0.2, 0.25) is 0 Å². The predicted molar refractivity (Wildman–Crippen MR) is 130 cm³/mol. The summed E-state index contributed by atoms with van der Waals surface area (Å²) in [6.07, 6.45) is 5.39. The summed E-state index contributed by atoms with van der Waals surface area (Å²) in [6.45, 7) is 5.68. The summed E-state index contributed by atoms with van der Waals surface area (Å²) in [5, 5.41) is 3.62. The standard InChI is InChI=1S/C28H31NO3/c1-19-20(2)26(30-3)13-11-22(19)10-12-25-24-17-27(31-4)28(16-23(24)14-15-29-25)32-18-21-8-6-5-7-9-21/h5-13,16-17,25,29H,14-15,18H2,1-4H3. The molecular formula is C28H31NO3. The van der Waals surface area contributed by atoms with Crippen LogP contribution in [0.15, 0.2) is 60.7 Å². The summed E-state index contributed by atoms with van der Waals surface area (Å²) in [5.74, 6) is 2.48. The van der Waals surface area contributed by atoms with E-state index in [1.54, 1.807) is 14.2 Å². The zero-order valence-electron chi connectivity index (χ0n) is 19.3. The number of hydrogen-bond donors (Lipinski definition) is 1. The van der Waals surface area contributed by atoms with Crippen molar-refractivity contribution < 1.29 is 14.2 Å². The third-order valence-corrected chi connectivity index (χ3v) is 6.22. The van der Waals surface area contributed by atoms with Crippen molar-refractivity contribution in [2.75, 3.05) is 20.8 Å². The molecule has 1 unspecified atom stereocenters. The van der Waals surface area contributed by atoms with Gasteiger partial charge in [0.1, 0.15) is 12.4 Å². The smallest absolute Gasteiger partial charge is 0.161 e. The van der Waals surface area contributed by atoms with Gasteiger partial charge in [0.15, 0.2) is 11.5 Å². The number of ether oxygens (including phenoxy) is 3. The molecule has 0 aliphatic carbocycles. The molecule has 1 N–H and O–H groups in total. The number of methoxy groups -OCH3 is 2. The molecule has 4 heteroatoms. The molecule has 3 aromatic rings. The number of hydrogen-bond acceptors (Lipinski definition) is 4. The van der Waals surface area contributed by atoms with Crippen molar-refractivity contribution in [1.29, 1.82) is 0 Å². The van der Waals surface area contributed by atoms with Gasteiger partial charge in [-0.05, 0) is 71.8 Å². The van der Waals surface area contributed by atoms with Crippen molar-refractivity contribution in [2.45, 2.75) is 32.9 Å². The first-order chi connectivity index (χ1) is 15.6. The molecule has 4 nitrogen and oxygen atoms in total. The zero-order chi connectivity index (χ0) is 22.5. The summed E-state index contributed by atoms with van der Waals surface area (Å²) in [5.41, 5.74) is 7.28. The fraction of sp³-hybridized carbons (Fsp3) is 0.286. The Morgan fingerprint density at radius 1 is 0.906 bits per heavy atom. The first-order valence-corrected chi connectivity index (χ1v) is 11.0. The molecule has 0 spiro atoms. The minimum absolute atomic E-state index is 0.123. The van der Waals surface area contributed by atoms with Crippen LogP contribution in [0.1, 0.15) is 39.4 Å². The van der Waals surface area contributed by atoms with Crippen molar-refractivity contribution in [2.24, 2.45) is 0 Å². The van der Waals surface area contributed by atoms with Gasteiger partial charge in [0.25, 0.3) is 0 Å². The van der Waals surface area contributed by atoms with Crippen LogP contribution in [0.4, 0.5) is 0 Å². The summed E-state index contributed by atoms with van der Waals surface area (Å²) in [6, 6.07) is 18.7. The molecule has 4 rings (SSSR count). The molecule has 32 heavy (non-hydrogen) atoms. The van der Waals surface area contributed by atoms with Gasteiger partial charge in [-0.15, -0.1) is 0 Å². The van der Waals surface area contributed by atoms with E-state index in [1.807, 2.05) is 24.3 Å². The molecule has 1 aliphatic heterocycles. The van der Waals surface area contributed by atoms with Gasteiger partial charge in [-0.1, -0.05) is 48.6 Å². The molecular weight excluding hydrogens is 398 g/mol. The molecule has 1 aliphatic rings. The Morgan fingerprint density at radius 3 is 2.44 bits per heavy atom. The molecule has 1 heterocycles. The van der Waals surface area contributed by atoms with Crippen molar-refractivity contribution in [3.63, 3.8) is 0 Å². The van der Waals surface area contributed by atoms with E-state index < -0.39 is 0 Å². The quantitative estimate of drug-likeness (QED) is 0.515. The Morgan fingerprint density at radius 2 is 1.69 bits per heavy atom. The second kappa shape index (κ2) is 9.92. The van der Waals surface area contributed by atoms with E-state index in [4.69, 9.17) is 14.2 Å². The predicted octanol–water partition coefficient (Wildman–Crippen LogP) is 5.80. The topological polar surface area (TPSA) is 39.7 Å². The number of rotatable bonds is 7. The van der Waals surface area contributed by atoms with Crippen molar-refractivity contribution in [3.05, 3.63) is 94.1 Å². The fourth-order valence-corrected chi connectivity index (χ4v) is 4.19. The van der Waals surface area contributed by atoms with Crippen LogP contribution in [0.3, 0.4) is 0 Å². The highest BCUT2D eigenvalue weighted by Gasteiger charge is 2.21. The Bertz CT molecular complexity index is 1110. The highest BCUT2D eigenvalue weighted by atomic mass is 16.5. The van der Waals surface area contributed by atoms with Crippen LogP contribution in [0.5, 0.6) is 17.2 Å². The molecule has 3 aromatic carbocycles. The van der Waals surface area contributed by atoms with Crippen LogP contribution in [0.25, 0.3) is 6.08 Å². The first-order valence-electron chi connectivity index (χ1n) is 11.0. The van der Waals surface area contributed by atoms with E-state index in [2.05, 4.69) is 61.6 Å². The molecule has 1 atom stereocenters. The van der Waals surface area contributed by atoms with E-state index in [1.165, 1.54) is 27.8 Å². The van der Waals surface area contributed by atoms with E-state index in [-0.39, 0.29) is 6.04 Å². The average Bonchev–Trinajstić information content (AvgIpc) is 2.83. The third-order valence-electron chi connectivity index (χ3n) is 6.22. The van der Waals surface area contributed by atoms with Gasteiger partial charge in [-0.3, -0.25) is 0 Å². The summed E-state index contributed by atoms with van der Waals surface area (Å²) in [4.78, 5) is 0. The lowest BCUT2D eigenvalue weighted by atomic mass is 9.92.